The van der Waals surface area contributed by atoms with Gasteiger partial charge in [0.2, 0.25) is 0 Å². The summed E-state index contributed by atoms with van der Waals surface area (Å²) < 4.78 is 0. The van der Waals surface area contributed by atoms with Gasteiger partial charge in [0, 0.05) is 35.2 Å². The Balaban J connectivity index is 2.24. The van der Waals surface area contributed by atoms with Crippen molar-refractivity contribution >= 4 is 40.5 Å². The van der Waals surface area contributed by atoms with Gasteiger partial charge in [0.15, 0.2) is 0 Å². The van der Waals surface area contributed by atoms with Gasteiger partial charge < -0.3 is 15.7 Å². The number of rotatable bonds is 13. The molecule has 2 unspecified atom stereocenters. The molecule has 0 aromatic heterocycles. The number of nitrogens with one attached hydrogen (secondary N) is 2. The van der Waals surface area contributed by atoms with E-state index >= 15 is 0 Å². The molecule has 2 aromatic carbocycles. The molecule has 2 aromatic rings. The second-order valence-corrected chi connectivity index (χ2v) is 8.77. The van der Waals surface area contributed by atoms with E-state index in [2.05, 4.69) is 24.5 Å². The summed E-state index contributed by atoms with van der Waals surface area (Å²) in [6.45, 7) is 6.00. The number of hydrogen-bond donors (Lipinski definition) is 3. The topological polar surface area (TPSA) is 61.4 Å². The number of carbonyl (C=O) groups is 1. The van der Waals surface area contributed by atoms with Crippen molar-refractivity contribution in [3.05, 3.63) is 59.7 Å². The van der Waals surface area contributed by atoms with Crippen LogP contribution in [-0.4, -0.2) is 34.9 Å². The number of benzene rings is 2. The van der Waals surface area contributed by atoms with E-state index in [0.717, 1.165) is 48.2 Å². The number of anilines is 2. The third-order valence-corrected chi connectivity index (χ3v) is 6.49. The maximum Gasteiger partial charge on any atom is 0.318 e. The standard InChI is InChI=1S/C25H34Cl2N2O2/c1-4-6-22(16-26)28-20-12-8-18(9-13-20)25(3,24(30)31)19-10-14-21(15-11-19)29-23(17-27)7-5-2/h8-15,22-23,28-29H,4-7,16-17H2,1-3H3,(H,30,31). The lowest BCUT2D eigenvalue weighted by Gasteiger charge is -2.27. The van der Waals surface area contributed by atoms with E-state index in [9.17, 15) is 9.90 Å². The highest BCUT2D eigenvalue weighted by atomic mass is 35.5. The summed E-state index contributed by atoms with van der Waals surface area (Å²) in [6.07, 6.45) is 4.08. The van der Waals surface area contributed by atoms with Gasteiger partial charge >= 0.3 is 5.97 Å². The minimum Gasteiger partial charge on any atom is -0.480 e. The summed E-state index contributed by atoms with van der Waals surface area (Å²) in [4.78, 5) is 12.3. The highest BCUT2D eigenvalue weighted by molar-refractivity contribution is 6.18. The highest BCUT2D eigenvalue weighted by Crippen LogP contribution is 2.34. The van der Waals surface area contributed by atoms with Crippen LogP contribution in [0.5, 0.6) is 0 Å². The van der Waals surface area contributed by atoms with Gasteiger partial charge in [0.05, 0.1) is 0 Å². The maximum absolute atomic E-state index is 12.3. The van der Waals surface area contributed by atoms with Crippen LogP contribution in [0, 0.1) is 0 Å². The molecule has 2 rings (SSSR count). The molecule has 0 heterocycles. The van der Waals surface area contributed by atoms with Gasteiger partial charge in [-0.2, -0.15) is 0 Å². The number of carboxylic acids is 1. The van der Waals surface area contributed by atoms with E-state index in [0.29, 0.717) is 11.8 Å². The molecule has 0 aliphatic heterocycles. The molecule has 31 heavy (non-hydrogen) atoms. The van der Waals surface area contributed by atoms with Crippen LogP contribution in [0.15, 0.2) is 48.5 Å². The molecular formula is C25H34Cl2N2O2. The molecular weight excluding hydrogens is 431 g/mol. The lowest BCUT2D eigenvalue weighted by atomic mass is 9.76. The normalized spacial score (nSPS) is 15.0. The Hall–Kier alpha value is -1.91. The number of halogens is 2. The monoisotopic (exact) mass is 464 g/mol. The zero-order valence-electron chi connectivity index (χ0n) is 18.6. The van der Waals surface area contributed by atoms with E-state index in [4.69, 9.17) is 23.2 Å². The summed E-state index contributed by atoms with van der Waals surface area (Å²) in [7, 11) is 0. The first-order valence-electron chi connectivity index (χ1n) is 11.0. The molecule has 0 spiro atoms. The first kappa shape index (κ1) is 25.4. The van der Waals surface area contributed by atoms with Crippen LogP contribution < -0.4 is 10.6 Å². The van der Waals surface area contributed by atoms with Gasteiger partial charge in [-0.15, -0.1) is 23.2 Å². The molecule has 0 bridgehead atoms. The lowest BCUT2D eigenvalue weighted by molar-refractivity contribution is -0.141. The molecule has 0 saturated carbocycles. The number of carboxylic acid groups (broad SMARTS) is 1. The Labute approximate surface area is 196 Å². The van der Waals surface area contributed by atoms with Crippen molar-refractivity contribution in [2.24, 2.45) is 0 Å². The molecule has 6 heteroatoms. The molecule has 170 valence electrons. The van der Waals surface area contributed by atoms with Crippen molar-refractivity contribution in [3.63, 3.8) is 0 Å². The second-order valence-electron chi connectivity index (χ2n) is 8.15. The van der Waals surface area contributed by atoms with Crippen LogP contribution in [0.3, 0.4) is 0 Å². The largest absolute Gasteiger partial charge is 0.480 e. The first-order valence-corrected chi connectivity index (χ1v) is 12.0. The quantitative estimate of drug-likeness (QED) is 0.288. The molecule has 0 fully saturated rings. The van der Waals surface area contributed by atoms with Crippen LogP contribution >= 0.6 is 23.2 Å². The van der Waals surface area contributed by atoms with Gasteiger partial charge in [-0.1, -0.05) is 51.0 Å². The van der Waals surface area contributed by atoms with Crippen molar-refractivity contribution in [2.75, 3.05) is 22.4 Å². The molecule has 0 aliphatic carbocycles. The molecule has 0 amide bonds. The average Bonchev–Trinajstić information content (AvgIpc) is 2.78. The average molecular weight is 465 g/mol. The summed E-state index contributed by atoms with van der Waals surface area (Å²) in [5, 5.41) is 17.0. The van der Waals surface area contributed by atoms with E-state index in [1.165, 1.54) is 0 Å². The van der Waals surface area contributed by atoms with Crippen LogP contribution in [0.25, 0.3) is 0 Å². The Morgan fingerprint density at radius 2 is 1.19 bits per heavy atom. The highest BCUT2D eigenvalue weighted by Gasteiger charge is 2.37. The zero-order valence-corrected chi connectivity index (χ0v) is 20.1. The van der Waals surface area contributed by atoms with Crippen LogP contribution in [0.4, 0.5) is 11.4 Å². The minimum absolute atomic E-state index is 0.202. The van der Waals surface area contributed by atoms with Crippen LogP contribution in [0.2, 0.25) is 0 Å². The fraction of sp³-hybridized carbons (Fsp3) is 0.480. The van der Waals surface area contributed by atoms with Gasteiger partial charge in [-0.25, -0.2) is 0 Å². The Kier molecular flexibility index (Phi) is 9.98. The van der Waals surface area contributed by atoms with Gasteiger partial charge in [-0.05, 0) is 55.2 Å². The predicted molar refractivity (Wildman–Crippen MR) is 133 cm³/mol. The van der Waals surface area contributed by atoms with Crippen molar-refractivity contribution < 1.29 is 9.90 Å². The fourth-order valence-corrected chi connectivity index (χ4v) is 4.22. The predicted octanol–water partition coefficient (Wildman–Crippen LogP) is 6.72. The maximum atomic E-state index is 12.3. The van der Waals surface area contributed by atoms with Crippen molar-refractivity contribution in [3.8, 4) is 0 Å². The van der Waals surface area contributed by atoms with E-state index in [1.807, 2.05) is 48.5 Å². The molecule has 2 atom stereocenters. The summed E-state index contributed by atoms with van der Waals surface area (Å²) in [5.74, 6) is 0.181. The smallest absolute Gasteiger partial charge is 0.318 e. The summed E-state index contributed by atoms with van der Waals surface area (Å²) in [5.41, 5.74) is 2.20. The Bertz CT molecular complexity index is 750. The SMILES string of the molecule is CCCC(CCl)Nc1ccc(C(C)(C(=O)O)c2ccc(NC(CCl)CCC)cc2)cc1. The molecule has 0 aliphatic rings. The Morgan fingerprint density at radius 1 is 0.839 bits per heavy atom. The zero-order chi connectivity index (χ0) is 22.9. The van der Waals surface area contributed by atoms with E-state index in [-0.39, 0.29) is 12.1 Å². The first-order chi connectivity index (χ1) is 14.9. The van der Waals surface area contributed by atoms with E-state index in [1.54, 1.807) is 6.92 Å². The molecule has 0 radical (unpaired) electrons. The minimum atomic E-state index is -1.15. The molecule has 3 N–H and O–H groups in total. The molecule has 4 nitrogen and oxygen atoms in total. The molecule has 0 saturated heterocycles. The van der Waals surface area contributed by atoms with Crippen LogP contribution in [0.1, 0.15) is 57.6 Å². The Morgan fingerprint density at radius 3 is 1.45 bits per heavy atom. The van der Waals surface area contributed by atoms with Gasteiger partial charge in [0.25, 0.3) is 0 Å². The number of aliphatic carboxylic acids is 1. The van der Waals surface area contributed by atoms with Gasteiger partial charge in [0.1, 0.15) is 5.41 Å². The lowest BCUT2D eigenvalue weighted by Crippen LogP contribution is -2.33. The number of alkyl halides is 2. The second kappa shape index (κ2) is 12.2. The summed E-state index contributed by atoms with van der Waals surface area (Å²) >= 11 is 12.1. The third kappa shape index (κ3) is 6.54. The van der Waals surface area contributed by atoms with Crippen molar-refractivity contribution in [1.82, 2.24) is 0 Å². The fourth-order valence-electron chi connectivity index (χ4n) is 3.76. The van der Waals surface area contributed by atoms with Crippen molar-refractivity contribution in [1.29, 1.82) is 0 Å². The summed E-state index contributed by atoms with van der Waals surface area (Å²) in [6, 6.07) is 15.6. The van der Waals surface area contributed by atoms with Gasteiger partial charge in [-0.3, -0.25) is 4.79 Å². The van der Waals surface area contributed by atoms with Crippen LogP contribution in [-0.2, 0) is 10.2 Å². The third-order valence-electron chi connectivity index (χ3n) is 5.74. The number of hydrogen-bond acceptors (Lipinski definition) is 3. The van der Waals surface area contributed by atoms with E-state index < -0.39 is 11.4 Å². The van der Waals surface area contributed by atoms with Crippen molar-refractivity contribution in [2.45, 2.75) is 64.0 Å².